The van der Waals surface area contributed by atoms with Crippen molar-refractivity contribution < 1.29 is 4.92 Å². The van der Waals surface area contributed by atoms with Gasteiger partial charge in [0.25, 0.3) is 11.2 Å². The fraction of sp³-hybridized carbons (Fsp3) is 0.182. The van der Waals surface area contributed by atoms with Crippen LogP contribution in [0.15, 0.2) is 29.2 Å². The third-order valence-corrected chi connectivity index (χ3v) is 2.55. The van der Waals surface area contributed by atoms with Gasteiger partial charge in [-0.15, -0.1) is 0 Å². The van der Waals surface area contributed by atoms with Gasteiger partial charge in [0.05, 0.1) is 17.7 Å². The number of aromatic nitrogens is 3. The Bertz CT molecular complexity index is 678. The van der Waals surface area contributed by atoms with Gasteiger partial charge in [-0.1, -0.05) is 11.6 Å². The monoisotopic (exact) mass is 280 g/mol. The fourth-order valence-electron chi connectivity index (χ4n) is 1.56. The number of nitrogens with zero attached hydrogens (tertiary/aromatic N) is 4. The van der Waals surface area contributed by atoms with Gasteiger partial charge in [0.15, 0.2) is 0 Å². The number of pyridine rings is 1. The minimum atomic E-state index is -0.569. The van der Waals surface area contributed by atoms with Crippen LogP contribution in [0.1, 0.15) is 11.5 Å². The van der Waals surface area contributed by atoms with Crippen LogP contribution in [0.2, 0.25) is 5.15 Å². The predicted molar refractivity (Wildman–Crippen MR) is 68.2 cm³/mol. The van der Waals surface area contributed by atoms with Crippen molar-refractivity contribution in [2.24, 2.45) is 0 Å². The molecule has 7 nitrogen and oxygen atoms in total. The lowest BCUT2D eigenvalue weighted by atomic mass is 10.4. The zero-order chi connectivity index (χ0) is 14.0. The Hall–Kier alpha value is -2.28. The molecule has 0 aliphatic rings. The van der Waals surface area contributed by atoms with E-state index < -0.39 is 4.92 Å². The standard InChI is InChI=1S/C11H9ClN4O3/c1-7-4-9(12)14-10(13-7)6-15-5-8(16(18)19)2-3-11(15)17/h2-5H,6H2,1H3. The van der Waals surface area contributed by atoms with Crippen LogP contribution in [-0.2, 0) is 6.54 Å². The third kappa shape index (κ3) is 3.14. The van der Waals surface area contributed by atoms with Crippen molar-refractivity contribution in [3.63, 3.8) is 0 Å². The van der Waals surface area contributed by atoms with Crippen LogP contribution in [0, 0.1) is 17.0 Å². The smallest absolute Gasteiger partial charge is 0.285 e. The first-order chi connectivity index (χ1) is 8.95. The molecule has 0 bridgehead atoms. The van der Waals surface area contributed by atoms with E-state index in [4.69, 9.17) is 11.6 Å². The second-order valence-electron chi connectivity index (χ2n) is 3.86. The van der Waals surface area contributed by atoms with Gasteiger partial charge >= 0.3 is 0 Å². The molecule has 0 aliphatic heterocycles. The molecule has 0 spiro atoms. The third-order valence-electron chi connectivity index (χ3n) is 2.36. The number of aryl methyl sites for hydroxylation is 1. The average molecular weight is 281 g/mol. The number of halogens is 1. The predicted octanol–water partition coefficient (Wildman–Crippen LogP) is 1.56. The highest BCUT2D eigenvalue weighted by molar-refractivity contribution is 6.29. The SMILES string of the molecule is Cc1cc(Cl)nc(Cn2cc([N+](=O)[O-])ccc2=O)n1. The van der Waals surface area contributed by atoms with Crippen LogP contribution in [0.4, 0.5) is 5.69 Å². The maximum Gasteiger partial charge on any atom is 0.285 e. The highest BCUT2D eigenvalue weighted by atomic mass is 35.5. The van der Waals surface area contributed by atoms with E-state index in [-0.39, 0.29) is 22.9 Å². The molecule has 0 fully saturated rings. The summed E-state index contributed by atoms with van der Waals surface area (Å²) in [6.45, 7) is 1.77. The minimum Gasteiger partial charge on any atom is -0.301 e. The van der Waals surface area contributed by atoms with Crippen molar-refractivity contribution in [2.75, 3.05) is 0 Å². The van der Waals surface area contributed by atoms with Crippen molar-refractivity contribution in [2.45, 2.75) is 13.5 Å². The zero-order valence-corrected chi connectivity index (χ0v) is 10.7. The van der Waals surface area contributed by atoms with E-state index in [1.807, 2.05) is 0 Å². The van der Waals surface area contributed by atoms with Crippen LogP contribution >= 0.6 is 11.6 Å². The quantitative estimate of drug-likeness (QED) is 0.483. The Labute approximate surface area is 112 Å². The van der Waals surface area contributed by atoms with Crippen molar-refractivity contribution in [3.05, 3.63) is 61.5 Å². The maximum atomic E-state index is 11.6. The van der Waals surface area contributed by atoms with Crippen LogP contribution in [0.3, 0.4) is 0 Å². The van der Waals surface area contributed by atoms with Gasteiger partial charge in [-0.3, -0.25) is 14.9 Å². The van der Waals surface area contributed by atoms with Crippen LogP contribution in [0.25, 0.3) is 0 Å². The van der Waals surface area contributed by atoms with Crippen LogP contribution < -0.4 is 5.56 Å². The Morgan fingerprint density at radius 2 is 2.16 bits per heavy atom. The van der Waals surface area contributed by atoms with Gasteiger partial charge < -0.3 is 4.57 Å². The molecule has 8 heteroatoms. The molecule has 2 rings (SSSR count). The summed E-state index contributed by atoms with van der Waals surface area (Å²) in [7, 11) is 0. The molecule has 19 heavy (non-hydrogen) atoms. The molecule has 0 N–H and O–H groups in total. The Morgan fingerprint density at radius 3 is 2.79 bits per heavy atom. The van der Waals surface area contributed by atoms with E-state index in [2.05, 4.69) is 9.97 Å². The second-order valence-corrected chi connectivity index (χ2v) is 4.25. The fourth-order valence-corrected chi connectivity index (χ4v) is 1.82. The van der Waals surface area contributed by atoms with E-state index in [0.29, 0.717) is 11.5 Å². The molecule has 2 aromatic heterocycles. The van der Waals surface area contributed by atoms with Gasteiger partial charge in [-0.2, -0.15) is 0 Å². The summed E-state index contributed by atoms with van der Waals surface area (Å²) >= 11 is 5.79. The van der Waals surface area contributed by atoms with Gasteiger partial charge in [0.2, 0.25) is 0 Å². The topological polar surface area (TPSA) is 90.9 Å². The normalized spacial score (nSPS) is 10.4. The van der Waals surface area contributed by atoms with E-state index in [9.17, 15) is 14.9 Å². The number of hydrogen-bond donors (Lipinski definition) is 0. The molecule has 0 saturated carbocycles. The second kappa shape index (κ2) is 5.15. The maximum absolute atomic E-state index is 11.6. The summed E-state index contributed by atoms with van der Waals surface area (Å²) in [5, 5.41) is 10.9. The zero-order valence-electron chi connectivity index (χ0n) is 9.91. The number of nitro groups is 1. The molecule has 0 aromatic carbocycles. The Kier molecular flexibility index (Phi) is 3.57. The molecule has 2 heterocycles. The lowest BCUT2D eigenvalue weighted by Crippen LogP contribution is -2.20. The van der Waals surface area contributed by atoms with Crippen molar-refractivity contribution in [3.8, 4) is 0 Å². The lowest BCUT2D eigenvalue weighted by molar-refractivity contribution is -0.385. The highest BCUT2D eigenvalue weighted by Crippen LogP contribution is 2.09. The number of hydrogen-bond acceptors (Lipinski definition) is 5. The van der Waals surface area contributed by atoms with Gasteiger partial charge in [-0.05, 0) is 13.0 Å². The van der Waals surface area contributed by atoms with Gasteiger partial charge in [-0.25, -0.2) is 9.97 Å². The molecule has 0 radical (unpaired) electrons. The molecule has 0 unspecified atom stereocenters. The molecular weight excluding hydrogens is 272 g/mol. The molecule has 2 aromatic rings. The van der Waals surface area contributed by atoms with Crippen LogP contribution in [0.5, 0.6) is 0 Å². The molecule has 98 valence electrons. The molecule has 0 amide bonds. The van der Waals surface area contributed by atoms with Gasteiger partial charge in [0.1, 0.15) is 11.0 Å². The largest absolute Gasteiger partial charge is 0.301 e. The van der Waals surface area contributed by atoms with Crippen molar-refractivity contribution in [1.82, 2.24) is 14.5 Å². The Morgan fingerprint density at radius 1 is 1.42 bits per heavy atom. The van der Waals surface area contributed by atoms with E-state index in [0.717, 1.165) is 18.3 Å². The average Bonchev–Trinajstić information content (AvgIpc) is 2.30. The molecule has 0 aliphatic carbocycles. The van der Waals surface area contributed by atoms with E-state index in [1.165, 1.54) is 4.57 Å². The first-order valence-corrected chi connectivity index (χ1v) is 5.68. The number of rotatable bonds is 3. The highest BCUT2D eigenvalue weighted by Gasteiger charge is 2.09. The Balaban J connectivity index is 2.40. The lowest BCUT2D eigenvalue weighted by Gasteiger charge is -2.05. The van der Waals surface area contributed by atoms with Crippen molar-refractivity contribution >= 4 is 17.3 Å². The first-order valence-electron chi connectivity index (χ1n) is 5.30. The summed E-state index contributed by atoms with van der Waals surface area (Å²) in [5.74, 6) is 0.326. The minimum absolute atomic E-state index is 0.0297. The van der Waals surface area contributed by atoms with Crippen LogP contribution in [-0.4, -0.2) is 19.5 Å². The summed E-state index contributed by atoms with van der Waals surface area (Å²) < 4.78 is 1.17. The van der Waals surface area contributed by atoms with E-state index in [1.54, 1.807) is 13.0 Å². The summed E-state index contributed by atoms with van der Waals surface area (Å²) in [6, 6.07) is 3.87. The molecule has 0 atom stereocenters. The molecular formula is C11H9ClN4O3. The first kappa shape index (κ1) is 13.2. The molecule has 0 saturated heterocycles. The van der Waals surface area contributed by atoms with Gasteiger partial charge in [0, 0.05) is 17.8 Å². The summed E-state index contributed by atoms with van der Waals surface area (Å²) in [5.41, 5.74) is 0.124. The van der Waals surface area contributed by atoms with E-state index >= 15 is 0 Å². The summed E-state index contributed by atoms with van der Waals surface area (Å²) in [6.07, 6.45) is 1.15. The van der Waals surface area contributed by atoms with Crippen molar-refractivity contribution in [1.29, 1.82) is 0 Å². The summed E-state index contributed by atoms with van der Waals surface area (Å²) in [4.78, 5) is 29.8.